The maximum Gasteiger partial charge on any atom is 0.310 e. The van der Waals surface area contributed by atoms with Crippen molar-refractivity contribution in [3.05, 3.63) is 35.4 Å². The van der Waals surface area contributed by atoms with Crippen molar-refractivity contribution in [2.75, 3.05) is 20.3 Å². The quantitative estimate of drug-likeness (QED) is 0.673. The number of hydrogen-bond donors (Lipinski definition) is 2. The topological polar surface area (TPSA) is 58.6 Å². The molecule has 4 nitrogen and oxygen atoms in total. The predicted molar refractivity (Wildman–Crippen MR) is 75.3 cm³/mol. The Labute approximate surface area is 114 Å². The highest BCUT2D eigenvalue weighted by Crippen LogP contribution is 2.15. The molecule has 2 N–H and O–H groups in total. The molecule has 0 aliphatic heterocycles. The van der Waals surface area contributed by atoms with Crippen molar-refractivity contribution in [3.8, 4) is 0 Å². The summed E-state index contributed by atoms with van der Waals surface area (Å²) >= 11 is 0. The number of unbranched alkanes of at least 4 members (excludes halogenated alkanes) is 1. The van der Waals surface area contributed by atoms with E-state index in [1.165, 1.54) is 5.56 Å². The monoisotopic (exact) mass is 265 g/mol. The third-order valence-corrected chi connectivity index (χ3v) is 3.13. The molecule has 0 saturated carbocycles. The molecule has 1 unspecified atom stereocenters. The van der Waals surface area contributed by atoms with Crippen LogP contribution in [0.2, 0.25) is 0 Å². The molecule has 106 valence electrons. The van der Waals surface area contributed by atoms with Crippen LogP contribution in [0.15, 0.2) is 24.3 Å². The van der Waals surface area contributed by atoms with Gasteiger partial charge in [-0.25, -0.2) is 0 Å². The largest absolute Gasteiger partial charge is 0.481 e. The van der Waals surface area contributed by atoms with Gasteiger partial charge in [-0.15, -0.1) is 0 Å². The minimum Gasteiger partial charge on any atom is -0.481 e. The van der Waals surface area contributed by atoms with E-state index in [0.717, 1.165) is 38.1 Å². The fourth-order valence-corrected chi connectivity index (χ4v) is 1.80. The summed E-state index contributed by atoms with van der Waals surface area (Å²) in [5.41, 5.74) is 2.02. The average Bonchev–Trinajstić information content (AvgIpc) is 2.42. The van der Waals surface area contributed by atoms with Crippen LogP contribution in [0.25, 0.3) is 0 Å². The van der Waals surface area contributed by atoms with Crippen molar-refractivity contribution in [3.63, 3.8) is 0 Å². The van der Waals surface area contributed by atoms with Gasteiger partial charge in [0.2, 0.25) is 0 Å². The minimum atomic E-state index is -0.788. The highest BCUT2D eigenvalue weighted by molar-refractivity contribution is 5.75. The highest BCUT2D eigenvalue weighted by atomic mass is 16.5. The molecule has 4 heteroatoms. The molecule has 1 rings (SSSR count). The number of methoxy groups -OCH3 is 1. The molecular formula is C15H23NO3. The van der Waals surface area contributed by atoms with Gasteiger partial charge in [0.15, 0.2) is 0 Å². The second-order valence-electron chi connectivity index (χ2n) is 4.68. The number of nitrogens with one attached hydrogen (secondary N) is 1. The van der Waals surface area contributed by atoms with Crippen molar-refractivity contribution in [2.45, 2.75) is 32.2 Å². The second kappa shape index (κ2) is 8.67. The Hall–Kier alpha value is -1.39. The Kier molecular flexibility index (Phi) is 7.15. The van der Waals surface area contributed by atoms with Gasteiger partial charge in [0.1, 0.15) is 0 Å². The maximum atomic E-state index is 10.9. The van der Waals surface area contributed by atoms with Gasteiger partial charge in [0, 0.05) is 20.3 Å². The van der Waals surface area contributed by atoms with E-state index in [2.05, 4.69) is 5.32 Å². The number of carboxylic acid groups (broad SMARTS) is 1. The van der Waals surface area contributed by atoms with Crippen LogP contribution in [0.4, 0.5) is 0 Å². The van der Waals surface area contributed by atoms with E-state index >= 15 is 0 Å². The fraction of sp³-hybridized carbons (Fsp3) is 0.533. The summed E-state index contributed by atoms with van der Waals surface area (Å²) in [6.45, 7) is 4.29. The Bertz CT molecular complexity index is 375. The summed E-state index contributed by atoms with van der Waals surface area (Å²) in [6.07, 6.45) is 2.17. The van der Waals surface area contributed by atoms with E-state index in [0.29, 0.717) is 0 Å². The lowest BCUT2D eigenvalue weighted by atomic mass is 10.00. The van der Waals surface area contributed by atoms with Gasteiger partial charge in [-0.2, -0.15) is 0 Å². The number of hydrogen-bond acceptors (Lipinski definition) is 3. The van der Waals surface area contributed by atoms with Gasteiger partial charge in [-0.3, -0.25) is 4.79 Å². The molecule has 0 bridgehead atoms. The number of aliphatic carboxylic acids is 1. The summed E-state index contributed by atoms with van der Waals surface area (Å²) in [7, 11) is 1.72. The van der Waals surface area contributed by atoms with Crippen LogP contribution >= 0.6 is 0 Å². The first-order valence-electron chi connectivity index (χ1n) is 6.66. The summed E-state index contributed by atoms with van der Waals surface area (Å²) in [5.74, 6) is -1.24. The van der Waals surface area contributed by atoms with E-state index in [9.17, 15) is 4.79 Å². The zero-order chi connectivity index (χ0) is 14.1. The van der Waals surface area contributed by atoms with Crippen LogP contribution in [-0.4, -0.2) is 31.3 Å². The Morgan fingerprint density at radius 3 is 2.58 bits per heavy atom. The van der Waals surface area contributed by atoms with Crippen molar-refractivity contribution < 1.29 is 14.6 Å². The van der Waals surface area contributed by atoms with Crippen LogP contribution in [-0.2, 0) is 16.1 Å². The molecule has 0 radical (unpaired) electrons. The molecule has 0 fully saturated rings. The zero-order valence-electron chi connectivity index (χ0n) is 11.7. The van der Waals surface area contributed by atoms with Gasteiger partial charge in [-0.05, 0) is 37.4 Å². The predicted octanol–water partition coefficient (Wildman–Crippen LogP) is 2.39. The van der Waals surface area contributed by atoms with Crippen molar-refractivity contribution in [1.29, 1.82) is 0 Å². The van der Waals surface area contributed by atoms with E-state index in [4.69, 9.17) is 9.84 Å². The van der Waals surface area contributed by atoms with Crippen molar-refractivity contribution in [1.82, 2.24) is 5.32 Å². The lowest BCUT2D eigenvalue weighted by molar-refractivity contribution is -0.138. The average molecular weight is 265 g/mol. The minimum absolute atomic E-state index is 0.448. The van der Waals surface area contributed by atoms with Crippen LogP contribution < -0.4 is 5.32 Å². The Morgan fingerprint density at radius 1 is 1.32 bits per heavy atom. The molecule has 0 amide bonds. The number of carboxylic acids is 1. The molecule has 1 aromatic rings. The van der Waals surface area contributed by atoms with E-state index in [1.807, 2.05) is 24.3 Å². The van der Waals surface area contributed by atoms with Crippen LogP contribution in [0, 0.1) is 0 Å². The molecular weight excluding hydrogens is 242 g/mol. The molecule has 0 saturated heterocycles. The van der Waals surface area contributed by atoms with Gasteiger partial charge in [0.05, 0.1) is 5.92 Å². The lowest BCUT2D eigenvalue weighted by Gasteiger charge is -2.08. The van der Waals surface area contributed by atoms with Gasteiger partial charge >= 0.3 is 5.97 Å². The van der Waals surface area contributed by atoms with Crippen LogP contribution in [0.1, 0.15) is 36.8 Å². The SMILES string of the molecule is COCCCCNCc1ccc(C(C)C(=O)O)cc1. The summed E-state index contributed by atoms with van der Waals surface area (Å²) in [5, 5.41) is 12.3. The Morgan fingerprint density at radius 2 is 2.00 bits per heavy atom. The normalized spacial score (nSPS) is 12.3. The van der Waals surface area contributed by atoms with Crippen LogP contribution in [0.5, 0.6) is 0 Å². The van der Waals surface area contributed by atoms with Gasteiger partial charge < -0.3 is 15.2 Å². The number of ether oxygens (including phenoxy) is 1. The number of carbonyl (C=O) groups is 1. The molecule has 0 spiro atoms. The van der Waals surface area contributed by atoms with Gasteiger partial charge in [-0.1, -0.05) is 24.3 Å². The van der Waals surface area contributed by atoms with Crippen molar-refractivity contribution >= 4 is 5.97 Å². The third kappa shape index (κ3) is 5.85. The zero-order valence-corrected chi connectivity index (χ0v) is 11.7. The number of benzene rings is 1. The molecule has 0 aliphatic rings. The molecule has 0 heterocycles. The highest BCUT2D eigenvalue weighted by Gasteiger charge is 2.12. The van der Waals surface area contributed by atoms with E-state index in [-0.39, 0.29) is 0 Å². The van der Waals surface area contributed by atoms with E-state index in [1.54, 1.807) is 14.0 Å². The standard InChI is InChI=1S/C15H23NO3/c1-12(15(17)18)14-7-5-13(6-8-14)11-16-9-3-4-10-19-2/h5-8,12,16H,3-4,9-11H2,1-2H3,(H,17,18). The third-order valence-electron chi connectivity index (χ3n) is 3.13. The second-order valence-corrected chi connectivity index (χ2v) is 4.68. The first-order valence-corrected chi connectivity index (χ1v) is 6.66. The number of rotatable bonds is 9. The fourth-order valence-electron chi connectivity index (χ4n) is 1.80. The summed E-state index contributed by atoms with van der Waals surface area (Å²) in [4.78, 5) is 10.9. The molecule has 1 aromatic carbocycles. The molecule has 1 atom stereocenters. The summed E-state index contributed by atoms with van der Waals surface area (Å²) in [6, 6.07) is 7.75. The molecule has 0 aromatic heterocycles. The molecule has 19 heavy (non-hydrogen) atoms. The maximum absolute atomic E-state index is 10.9. The first kappa shape index (κ1) is 15.7. The molecule has 0 aliphatic carbocycles. The van der Waals surface area contributed by atoms with Gasteiger partial charge in [0.25, 0.3) is 0 Å². The first-order chi connectivity index (χ1) is 9.15. The van der Waals surface area contributed by atoms with Crippen LogP contribution in [0.3, 0.4) is 0 Å². The van der Waals surface area contributed by atoms with E-state index < -0.39 is 11.9 Å². The lowest BCUT2D eigenvalue weighted by Crippen LogP contribution is -2.15. The smallest absolute Gasteiger partial charge is 0.310 e. The van der Waals surface area contributed by atoms with Crippen molar-refractivity contribution in [2.24, 2.45) is 0 Å². The summed E-state index contributed by atoms with van der Waals surface area (Å²) < 4.78 is 4.99. The Balaban J connectivity index is 2.30.